The van der Waals surface area contributed by atoms with Crippen LogP contribution in [0.1, 0.15) is 10.4 Å². The Bertz CT molecular complexity index is 1120. The SMILES string of the molecule is CN(c1ccc(F)cc1)S(=O)(=O)c1cccc(C(=O)Nc2cccc(Cl)c2)c1. The maximum absolute atomic E-state index is 13.1. The van der Waals surface area contributed by atoms with Crippen molar-refractivity contribution in [3.63, 3.8) is 0 Å². The van der Waals surface area contributed by atoms with E-state index in [4.69, 9.17) is 11.6 Å². The first-order valence-corrected chi connectivity index (χ1v) is 10.0. The second kappa shape index (κ2) is 8.00. The molecule has 1 N–H and O–H groups in total. The van der Waals surface area contributed by atoms with Crippen molar-refractivity contribution in [2.75, 3.05) is 16.7 Å². The van der Waals surface area contributed by atoms with Crippen LogP contribution in [-0.4, -0.2) is 21.4 Å². The van der Waals surface area contributed by atoms with Gasteiger partial charge in [0.15, 0.2) is 0 Å². The van der Waals surface area contributed by atoms with Crippen LogP contribution in [0.25, 0.3) is 0 Å². The van der Waals surface area contributed by atoms with Gasteiger partial charge >= 0.3 is 0 Å². The number of hydrogen-bond donors (Lipinski definition) is 1. The van der Waals surface area contributed by atoms with Gasteiger partial charge in [-0.15, -0.1) is 0 Å². The van der Waals surface area contributed by atoms with E-state index >= 15 is 0 Å². The third-order valence-corrected chi connectivity index (χ3v) is 6.04. The van der Waals surface area contributed by atoms with Gasteiger partial charge in [-0.1, -0.05) is 23.7 Å². The summed E-state index contributed by atoms with van der Waals surface area (Å²) in [7, 11) is -2.57. The number of carbonyl (C=O) groups excluding carboxylic acids is 1. The number of hydrogen-bond acceptors (Lipinski definition) is 3. The Morgan fingerprint density at radius 1 is 1.00 bits per heavy atom. The van der Waals surface area contributed by atoms with E-state index in [2.05, 4.69) is 5.32 Å². The Kier molecular flexibility index (Phi) is 5.67. The van der Waals surface area contributed by atoms with Crippen LogP contribution in [0.4, 0.5) is 15.8 Å². The average molecular weight is 419 g/mol. The van der Waals surface area contributed by atoms with Gasteiger partial charge in [-0.25, -0.2) is 12.8 Å². The molecule has 3 aromatic carbocycles. The van der Waals surface area contributed by atoms with E-state index in [9.17, 15) is 17.6 Å². The van der Waals surface area contributed by atoms with Crippen LogP contribution in [0.2, 0.25) is 5.02 Å². The number of nitrogens with zero attached hydrogens (tertiary/aromatic N) is 1. The van der Waals surface area contributed by atoms with Crippen molar-refractivity contribution in [2.45, 2.75) is 4.90 Å². The summed E-state index contributed by atoms with van der Waals surface area (Å²) >= 11 is 5.90. The minimum Gasteiger partial charge on any atom is -0.322 e. The van der Waals surface area contributed by atoms with Crippen molar-refractivity contribution in [1.82, 2.24) is 0 Å². The molecule has 0 aliphatic rings. The second-order valence-corrected chi connectivity index (χ2v) is 8.35. The summed E-state index contributed by atoms with van der Waals surface area (Å²) in [6, 6.07) is 17.4. The molecule has 0 bridgehead atoms. The third kappa shape index (κ3) is 4.32. The van der Waals surface area contributed by atoms with Crippen LogP contribution in [0, 0.1) is 5.82 Å². The van der Waals surface area contributed by atoms with Gasteiger partial charge in [0, 0.05) is 23.3 Å². The number of anilines is 2. The van der Waals surface area contributed by atoms with Gasteiger partial charge in [-0.3, -0.25) is 9.10 Å². The maximum atomic E-state index is 13.1. The first-order valence-electron chi connectivity index (χ1n) is 8.19. The highest BCUT2D eigenvalue weighted by Crippen LogP contribution is 2.23. The summed E-state index contributed by atoms with van der Waals surface area (Å²) in [5.41, 5.74) is 0.970. The molecule has 28 heavy (non-hydrogen) atoms. The normalized spacial score (nSPS) is 11.1. The largest absolute Gasteiger partial charge is 0.322 e. The molecule has 8 heteroatoms. The van der Waals surface area contributed by atoms with Gasteiger partial charge in [0.1, 0.15) is 5.82 Å². The first-order chi connectivity index (χ1) is 13.3. The molecular formula is C20H16ClFN2O3S. The predicted octanol–water partition coefficient (Wildman–Crippen LogP) is 4.56. The lowest BCUT2D eigenvalue weighted by molar-refractivity contribution is 0.102. The van der Waals surface area contributed by atoms with Gasteiger partial charge in [0.05, 0.1) is 10.6 Å². The topological polar surface area (TPSA) is 66.5 Å². The lowest BCUT2D eigenvalue weighted by Gasteiger charge is -2.19. The summed E-state index contributed by atoms with van der Waals surface area (Å²) in [6.07, 6.45) is 0. The molecule has 1 amide bonds. The predicted molar refractivity (Wildman–Crippen MR) is 108 cm³/mol. The minimum atomic E-state index is -3.93. The summed E-state index contributed by atoms with van der Waals surface area (Å²) in [5, 5.41) is 3.14. The smallest absolute Gasteiger partial charge is 0.264 e. The van der Waals surface area contributed by atoms with Crippen molar-refractivity contribution in [1.29, 1.82) is 0 Å². The highest BCUT2D eigenvalue weighted by atomic mass is 35.5. The fourth-order valence-corrected chi connectivity index (χ4v) is 3.95. The Balaban J connectivity index is 1.87. The zero-order valence-electron chi connectivity index (χ0n) is 14.8. The van der Waals surface area contributed by atoms with E-state index in [1.54, 1.807) is 24.3 Å². The van der Waals surface area contributed by atoms with Gasteiger partial charge in [-0.05, 0) is 60.7 Å². The third-order valence-electron chi connectivity index (χ3n) is 4.03. The van der Waals surface area contributed by atoms with Crippen LogP contribution in [0.15, 0.2) is 77.7 Å². The lowest BCUT2D eigenvalue weighted by Crippen LogP contribution is -2.26. The van der Waals surface area contributed by atoms with Gasteiger partial charge in [0.2, 0.25) is 0 Å². The summed E-state index contributed by atoms with van der Waals surface area (Å²) in [5.74, 6) is -0.932. The number of benzene rings is 3. The molecular weight excluding hydrogens is 403 g/mol. The molecule has 0 aliphatic carbocycles. The lowest BCUT2D eigenvalue weighted by atomic mass is 10.2. The summed E-state index contributed by atoms with van der Waals surface area (Å²) in [6.45, 7) is 0. The number of nitrogens with one attached hydrogen (secondary N) is 1. The molecule has 0 unspecified atom stereocenters. The quantitative estimate of drug-likeness (QED) is 0.660. The van der Waals surface area contributed by atoms with Crippen molar-refractivity contribution in [3.8, 4) is 0 Å². The number of amides is 1. The van der Waals surface area contributed by atoms with Crippen molar-refractivity contribution in [2.24, 2.45) is 0 Å². The molecule has 0 fully saturated rings. The summed E-state index contributed by atoms with van der Waals surface area (Å²) < 4.78 is 39.9. The van der Waals surface area contributed by atoms with E-state index in [1.807, 2.05) is 0 Å². The second-order valence-electron chi connectivity index (χ2n) is 5.94. The maximum Gasteiger partial charge on any atom is 0.264 e. The van der Waals surface area contributed by atoms with Crippen LogP contribution < -0.4 is 9.62 Å². The van der Waals surface area contributed by atoms with Gasteiger partial charge in [0.25, 0.3) is 15.9 Å². The molecule has 0 saturated carbocycles. The van der Waals surface area contributed by atoms with Gasteiger partial charge < -0.3 is 5.32 Å². The number of carbonyl (C=O) groups is 1. The van der Waals surface area contributed by atoms with E-state index in [0.717, 1.165) is 4.31 Å². The first kappa shape index (κ1) is 19.9. The monoisotopic (exact) mass is 418 g/mol. The fourth-order valence-electron chi connectivity index (χ4n) is 2.52. The molecule has 0 heterocycles. The van der Waals surface area contributed by atoms with E-state index in [0.29, 0.717) is 16.4 Å². The standard InChI is InChI=1S/C20H16ClFN2O3S/c1-24(18-10-8-16(22)9-11-18)28(26,27)19-7-2-4-14(12-19)20(25)23-17-6-3-5-15(21)13-17/h2-13H,1H3,(H,23,25). The van der Waals surface area contributed by atoms with Crippen LogP contribution >= 0.6 is 11.6 Å². The Morgan fingerprint density at radius 3 is 2.36 bits per heavy atom. The molecule has 3 rings (SSSR count). The molecule has 144 valence electrons. The fraction of sp³-hybridized carbons (Fsp3) is 0.0500. The molecule has 0 spiro atoms. The highest BCUT2D eigenvalue weighted by Gasteiger charge is 2.22. The molecule has 0 aromatic heterocycles. The van der Waals surface area contributed by atoms with Crippen molar-refractivity contribution < 1.29 is 17.6 Å². The molecule has 3 aromatic rings. The zero-order valence-corrected chi connectivity index (χ0v) is 16.3. The number of sulfonamides is 1. The van der Waals surface area contributed by atoms with E-state index in [-0.39, 0.29) is 10.5 Å². The molecule has 0 saturated heterocycles. The van der Waals surface area contributed by atoms with Crippen LogP contribution in [-0.2, 0) is 10.0 Å². The van der Waals surface area contributed by atoms with Crippen LogP contribution in [0.3, 0.4) is 0 Å². The number of rotatable bonds is 5. The molecule has 5 nitrogen and oxygen atoms in total. The molecule has 0 atom stereocenters. The highest BCUT2D eigenvalue weighted by molar-refractivity contribution is 7.92. The zero-order chi connectivity index (χ0) is 20.3. The number of halogens is 2. The van der Waals surface area contributed by atoms with E-state index < -0.39 is 21.7 Å². The summed E-state index contributed by atoms with van der Waals surface area (Å²) in [4.78, 5) is 12.4. The van der Waals surface area contributed by atoms with Crippen molar-refractivity contribution in [3.05, 3.63) is 89.2 Å². The Labute approximate surface area is 167 Å². The molecule has 0 radical (unpaired) electrons. The minimum absolute atomic E-state index is 0.0573. The average Bonchev–Trinajstić information content (AvgIpc) is 2.68. The molecule has 0 aliphatic heterocycles. The Hall–Kier alpha value is -2.90. The van der Waals surface area contributed by atoms with E-state index in [1.165, 1.54) is 55.6 Å². The van der Waals surface area contributed by atoms with Crippen LogP contribution in [0.5, 0.6) is 0 Å². The van der Waals surface area contributed by atoms with Gasteiger partial charge in [-0.2, -0.15) is 0 Å². The van der Waals surface area contributed by atoms with Crippen molar-refractivity contribution >= 4 is 38.9 Å². The Morgan fingerprint density at radius 2 is 1.68 bits per heavy atom.